The Morgan fingerprint density at radius 3 is 2.28 bits per heavy atom. The summed E-state index contributed by atoms with van der Waals surface area (Å²) in [7, 11) is -3.10. The number of nitrogens with one attached hydrogen (secondary N) is 1. The zero-order valence-electron chi connectivity index (χ0n) is 18.7. The topological polar surface area (TPSA) is 174 Å². The number of anilines is 1. The lowest BCUT2D eigenvalue weighted by molar-refractivity contribution is -0.385. The van der Waals surface area contributed by atoms with Crippen LogP contribution < -0.4 is 14.5 Å². The normalized spacial score (nSPS) is 11.1. The second-order valence-electron chi connectivity index (χ2n) is 7.05. The molecule has 0 heterocycles. The van der Waals surface area contributed by atoms with Crippen LogP contribution in [0.1, 0.15) is 5.56 Å². The van der Waals surface area contributed by atoms with Crippen molar-refractivity contribution in [2.75, 3.05) is 18.0 Å². The van der Waals surface area contributed by atoms with Crippen molar-refractivity contribution in [3.05, 3.63) is 98.6 Å². The van der Waals surface area contributed by atoms with Gasteiger partial charge in [0, 0.05) is 17.7 Å². The fraction of sp³-hybridized carbons (Fsp3) is 0.0909. The number of hydrogen-bond acceptors (Lipinski definition) is 9. The third-order valence-electron chi connectivity index (χ3n) is 4.77. The molecule has 0 aliphatic heterocycles. The maximum absolute atomic E-state index is 13.3. The van der Waals surface area contributed by atoms with Crippen LogP contribution in [0.4, 0.5) is 17.1 Å². The Kier molecular flexibility index (Phi) is 7.91. The van der Waals surface area contributed by atoms with Gasteiger partial charge in [-0.1, -0.05) is 30.3 Å². The van der Waals surface area contributed by atoms with Gasteiger partial charge in [0.15, 0.2) is 5.75 Å². The number of carbonyl (C=O) groups excluding carboxylic acids is 1. The van der Waals surface area contributed by atoms with Gasteiger partial charge in [-0.05, 0) is 30.3 Å². The molecule has 0 aliphatic rings. The van der Waals surface area contributed by atoms with E-state index in [1.807, 2.05) is 0 Å². The summed E-state index contributed by atoms with van der Waals surface area (Å²) < 4.78 is 32.2. The van der Waals surface area contributed by atoms with E-state index in [9.17, 15) is 33.4 Å². The Bertz CT molecular complexity index is 1430. The van der Waals surface area contributed by atoms with Crippen molar-refractivity contribution in [2.45, 2.75) is 4.90 Å². The SMILES string of the molecule is COc1ccc(/C=N\NC(=O)CN(c2ccccc2[N+](=O)[O-])S(=O)(=O)c2ccccc2)cc1[N+](=O)[O-]. The number of hydrazone groups is 1. The van der Waals surface area contributed by atoms with Crippen LogP contribution >= 0.6 is 0 Å². The number of sulfonamides is 1. The van der Waals surface area contributed by atoms with Crippen LogP contribution in [-0.2, 0) is 14.8 Å². The van der Waals surface area contributed by atoms with Crippen molar-refractivity contribution in [3.63, 3.8) is 0 Å². The van der Waals surface area contributed by atoms with Crippen molar-refractivity contribution in [2.24, 2.45) is 5.10 Å². The van der Waals surface area contributed by atoms with Gasteiger partial charge in [0.05, 0.1) is 28.1 Å². The lowest BCUT2D eigenvalue weighted by Gasteiger charge is -2.23. The Hall–Kier alpha value is -4.85. The highest BCUT2D eigenvalue weighted by Crippen LogP contribution is 2.32. The van der Waals surface area contributed by atoms with Crippen LogP contribution in [0.25, 0.3) is 0 Å². The van der Waals surface area contributed by atoms with Gasteiger partial charge in [0.25, 0.3) is 21.6 Å². The van der Waals surface area contributed by atoms with Crippen molar-refractivity contribution in [1.82, 2.24) is 5.43 Å². The molecule has 3 aromatic carbocycles. The standard InChI is InChI=1S/C22H19N5O8S/c1-35-21-12-11-16(13-20(21)27(31)32)14-23-24-22(28)15-25(18-9-5-6-10-19(18)26(29)30)36(33,34)17-7-3-2-4-8-17/h2-14H,15H2,1H3,(H,24,28)/b23-14-. The molecule has 1 amide bonds. The smallest absolute Gasteiger partial charge is 0.311 e. The van der Waals surface area contributed by atoms with E-state index in [0.717, 1.165) is 12.3 Å². The lowest BCUT2D eigenvalue weighted by Crippen LogP contribution is -2.39. The molecule has 0 aliphatic carbocycles. The number of nitro groups is 2. The van der Waals surface area contributed by atoms with E-state index in [4.69, 9.17) is 4.74 Å². The van der Waals surface area contributed by atoms with Crippen LogP contribution in [0.15, 0.2) is 82.8 Å². The number of hydrogen-bond donors (Lipinski definition) is 1. The van der Waals surface area contributed by atoms with Gasteiger partial charge in [-0.15, -0.1) is 0 Å². The molecular formula is C22H19N5O8S. The summed E-state index contributed by atoms with van der Waals surface area (Å²) in [6.07, 6.45) is 1.12. The summed E-state index contributed by atoms with van der Waals surface area (Å²) >= 11 is 0. The van der Waals surface area contributed by atoms with Crippen LogP contribution in [0, 0.1) is 20.2 Å². The van der Waals surface area contributed by atoms with E-state index < -0.39 is 38.0 Å². The fourth-order valence-corrected chi connectivity index (χ4v) is 4.58. The molecule has 0 bridgehead atoms. The minimum absolute atomic E-state index is 0.0346. The Morgan fingerprint density at radius 2 is 1.64 bits per heavy atom. The minimum atomic E-state index is -4.38. The van der Waals surface area contributed by atoms with Gasteiger partial charge in [-0.3, -0.25) is 25.0 Å². The highest BCUT2D eigenvalue weighted by molar-refractivity contribution is 7.92. The molecule has 14 heteroatoms. The number of ether oxygens (including phenoxy) is 1. The second kappa shape index (κ2) is 11.1. The summed E-state index contributed by atoms with van der Waals surface area (Å²) in [6, 6.07) is 16.2. The van der Waals surface area contributed by atoms with Crippen LogP contribution in [0.2, 0.25) is 0 Å². The summed E-state index contributed by atoms with van der Waals surface area (Å²) in [5.74, 6) is -0.876. The molecule has 186 valence electrons. The number of nitro benzene ring substituents is 2. The summed E-state index contributed by atoms with van der Waals surface area (Å²) in [5.41, 5.74) is 1.25. The summed E-state index contributed by atoms with van der Waals surface area (Å²) in [6.45, 7) is -0.831. The van der Waals surface area contributed by atoms with Crippen LogP contribution in [0.3, 0.4) is 0 Å². The van der Waals surface area contributed by atoms with Gasteiger partial charge in [0.1, 0.15) is 12.2 Å². The Labute approximate surface area is 205 Å². The van der Waals surface area contributed by atoms with Gasteiger partial charge >= 0.3 is 5.69 Å². The number of methoxy groups -OCH3 is 1. The Morgan fingerprint density at radius 1 is 1.00 bits per heavy atom. The average molecular weight is 513 g/mol. The second-order valence-corrected chi connectivity index (χ2v) is 8.91. The van der Waals surface area contributed by atoms with Crippen molar-refractivity contribution < 1.29 is 27.8 Å². The molecule has 36 heavy (non-hydrogen) atoms. The maximum atomic E-state index is 13.3. The van der Waals surface area contributed by atoms with Crippen molar-refractivity contribution in [1.29, 1.82) is 0 Å². The highest BCUT2D eigenvalue weighted by Gasteiger charge is 2.31. The molecule has 0 fully saturated rings. The van der Waals surface area contributed by atoms with Gasteiger partial charge in [-0.25, -0.2) is 18.1 Å². The van der Waals surface area contributed by atoms with E-state index in [2.05, 4.69) is 10.5 Å². The number of carbonyl (C=O) groups is 1. The predicted molar refractivity (Wildman–Crippen MR) is 129 cm³/mol. The van der Waals surface area contributed by atoms with E-state index >= 15 is 0 Å². The third kappa shape index (κ3) is 5.79. The largest absolute Gasteiger partial charge is 0.490 e. The first-order valence-electron chi connectivity index (χ1n) is 10.1. The van der Waals surface area contributed by atoms with Crippen molar-refractivity contribution in [3.8, 4) is 5.75 Å². The molecule has 0 atom stereocenters. The molecule has 0 saturated carbocycles. The number of nitrogens with zero attached hydrogens (tertiary/aromatic N) is 4. The Balaban J connectivity index is 1.89. The highest BCUT2D eigenvalue weighted by atomic mass is 32.2. The van der Waals surface area contributed by atoms with E-state index in [1.165, 1.54) is 67.8 Å². The van der Waals surface area contributed by atoms with Crippen LogP contribution in [0.5, 0.6) is 5.75 Å². The molecule has 0 unspecified atom stereocenters. The summed E-state index contributed by atoms with van der Waals surface area (Å²) in [4.78, 5) is 33.7. The first-order valence-corrected chi connectivity index (χ1v) is 11.5. The third-order valence-corrected chi connectivity index (χ3v) is 6.54. The number of benzene rings is 3. The molecule has 0 saturated heterocycles. The average Bonchev–Trinajstić information content (AvgIpc) is 2.87. The van der Waals surface area contributed by atoms with E-state index in [-0.39, 0.29) is 27.6 Å². The van der Waals surface area contributed by atoms with Crippen molar-refractivity contribution >= 4 is 39.2 Å². The maximum Gasteiger partial charge on any atom is 0.311 e. The molecular weight excluding hydrogens is 494 g/mol. The van der Waals surface area contributed by atoms with E-state index in [1.54, 1.807) is 6.07 Å². The quantitative estimate of drug-likeness (QED) is 0.244. The predicted octanol–water partition coefficient (Wildman–Crippen LogP) is 2.86. The molecule has 1 N–H and O–H groups in total. The van der Waals surface area contributed by atoms with E-state index in [0.29, 0.717) is 4.31 Å². The number of para-hydroxylation sites is 2. The van der Waals surface area contributed by atoms with Gasteiger partial charge in [-0.2, -0.15) is 5.10 Å². The zero-order chi connectivity index (χ0) is 26.3. The monoisotopic (exact) mass is 513 g/mol. The van der Waals surface area contributed by atoms with Crippen LogP contribution in [-0.4, -0.2) is 44.0 Å². The lowest BCUT2D eigenvalue weighted by atomic mass is 10.2. The molecule has 0 aromatic heterocycles. The van der Waals surface area contributed by atoms with Gasteiger partial charge < -0.3 is 4.74 Å². The minimum Gasteiger partial charge on any atom is -0.490 e. The fourth-order valence-electron chi connectivity index (χ4n) is 3.12. The molecule has 0 radical (unpaired) electrons. The first-order chi connectivity index (χ1) is 17.1. The summed E-state index contributed by atoms with van der Waals surface area (Å²) in [5, 5.41) is 26.4. The molecule has 3 rings (SSSR count). The number of amides is 1. The number of rotatable bonds is 10. The first kappa shape index (κ1) is 25.8. The molecule has 0 spiro atoms. The zero-order valence-corrected chi connectivity index (χ0v) is 19.5. The van der Waals surface area contributed by atoms with Gasteiger partial charge in [0.2, 0.25) is 0 Å². The molecule has 3 aromatic rings. The molecule has 13 nitrogen and oxygen atoms in total.